The van der Waals surface area contributed by atoms with Gasteiger partial charge in [-0.25, -0.2) is 0 Å². The van der Waals surface area contributed by atoms with Crippen LogP contribution in [0.15, 0.2) is 24.3 Å². The van der Waals surface area contributed by atoms with Gasteiger partial charge in [-0.05, 0) is 37.9 Å². The van der Waals surface area contributed by atoms with E-state index in [1.165, 1.54) is 25.7 Å². The number of carbonyl (C=O) groups excluding carboxylic acids is 1. The molecule has 1 unspecified atom stereocenters. The number of carbonyl (C=O) groups is 1. The van der Waals surface area contributed by atoms with Crippen LogP contribution in [0.3, 0.4) is 0 Å². The Morgan fingerprint density at radius 2 is 1.88 bits per heavy atom. The number of piperidine rings is 1. The van der Waals surface area contributed by atoms with E-state index < -0.39 is 0 Å². The first-order valence-electron chi connectivity index (χ1n) is 10.1. The highest BCUT2D eigenvalue weighted by Crippen LogP contribution is 2.28. The van der Waals surface area contributed by atoms with Crippen LogP contribution in [0.25, 0.3) is 0 Å². The van der Waals surface area contributed by atoms with Gasteiger partial charge >= 0.3 is 0 Å². The van der Waals surface area contributed by atoms with Crippen LogP contribution in [-0.4, -0.2) is 68.1 Å². The molecule has 0 N–H and O–H groups in total. The van der Waals surface area contributed by atoms with Gasteiger partial charge in [-0.2, -0.15) is 0 Å². The van der Waals surface area contributed by atoms with Crippen molar-refractivity contribution in [3.8, 4) is 5.75 Å². The fraction of sp³-hybridized carbons (Fsp3) is 0.667. The summed E-state index contributed by atoms with van der Waals surface area (Å²) in [6.45, 7) is 7.68. The number of ether oxygens (including phenoxy) is 1. The zero-order valence-corrected chi connectivity index (χ0v) is 16.3. The molecule has 1 aromatic rings. The van der Waals surface area contributed by atoms with Crippen LogP contribution in [-0.2, 0) is 4.79 Å². The third-order valence-electron chi connectivity index (χ3n) is 5.89. The lowest BCUT2D eigenvalue weighted by Crippen LogP contribution is -2.49. The normalized spacial score (nSPS) is 21.7. The quantitative estimate of drug-likeness (QED) is 0.782. The minimum Gasteiger partial charge on any atom is -0.495 e. The van der Waals surface area contributed by atoms with Gasteiger partial charge in [0.2, 0.25) is 5.91 Å². The second kappa shape index (κ2) is 9.26. The SMILES string of the molecule is CCC1CCCCN1CCC(=O)N1CCN(c2ccccc2OC)CC1. The summed E-state index contributed by atoms with van der Waals surface area (Å²) in [5.41, 5.74) is 1.13. The van der Waals surface area contributed by atoms with Crippen molar-refractivity contribution in [1.82, 2.24) is 9.80 Å². The fourth-order valence-corrected chi connectivity index (χ4v) is 4.30. The van der Waals surface area contributed by atoms with Crippen LogP contribution in [0.5, 0.6) is 5.75 Å². The number of nitrogens with zero attached hydrogens (tertiary/aromatic N) is 3. The van der Waals surface area contributed by atoms with Gasteiger partial charge in [-0.15, -0.1) is 0 Å². The van der Waals surface area contributed by atoms with Crippen molar-refractivity contribution in [2.45, 2.75) is 45.1 Å². The van der Waals surface area contributed by atoms with Gasteiger partial charge in [-0.3, -0.25) is 9.69 Å². The third kappa shape index (κ3) is 4.50. The minimum atomic E-state index is 0.310. The maximum atomic E-state index is 12.7. The van der Waals surface area contributed by atoms with E-state index >= 15 is 0 Å². The van der Waals surface area contributed by atoms with E-state index in [-0.39, 0.29) is 0 Å². The van der Waals surface area contributed by atoms with Crippen molar-refractivity contribution >= 4 is 11.6 Å². The Bertz CT molecular complexity index is 584. The number of amides is 1. The number of likely N-dealkylation sites (tertiary alicyclic amines) is 1. The molecule has 0 spiro atoms. The van der Waals surface area contributed by atoms with Crippen LogP contribution in [0.2, 0.25) is 0 Å². The van der Waals surface area contributed by atoms with E-state index in [1.54, 1.807) is 7.11 Å². The summed E-state index contributed by atoms with van der Waals surface area (Å²) in [5.74, 6) is 1.22. The molecule has 2 saturated heterocycles. The first kappa shape index (κ1) is 19.0. The van der Waals surface area contributed by atoms with E-state index in [1.807, 2.05) is 23.1 Å². The number of methoxy groups -OCH3 is 1. The number of hydrogen-bond acceptors (Lipinski definition) is 4. The number of piperazine rings is 1. The first-order chi connectivity index (χ1) is 12.7. The van der Waals surface area contributed by atoms with Gasteiger partial charge in [-0.1, -0.05) is 25.5 Å². The molecule has 2 aliphatic heterocycles. The average Bonchev–Trinajstić information content (AvgIpc) is 2.72. The summed E-state index contributed by atoms with van der Waals surface area (Å²) < 4.78 is 5.47. The van der Waals surface area contributed by atoms with Gasteiger partial charge in [0.25, 0.3) is 0 Å². The Morgan fingerprint density at radius 3 is 2.62 bits per heavy atom. The molecule has 3 rings (SSSR count). The lowest BCUT2D eigenvalue weighted by Gasteiger charge is -2.38. The Hall–Kier alpha value is -1.75. The molecule has 2 fully saturated rings. The molecular formula is C21H33N3O2. The van der Waals surface area contributed by atoms with Gasteiger partial charge in [0.05, 0.1) is 12.8 Å². The number of para-hydroxylation sites is 2. The van der Waals surface area contributed by atoms with Crippen molar-refractivity contribution in [2.24, 2.45) is 0 Å². The number of hydrogen-bond donors (Lipinski definition) is 0. The maximum absolute atomic E-state index is 12.7. The molecule has 5 heteroatoms. The Labute approximate surface area is 157 Å². The van der Waals surface area contributed by atoms with E-state index in [2.05, 4.69) is 22.8 Å². The van der Waals surface area contributed by atoms with Crippen molar-refractivity contribution in [3.63, 3.8) is 0 Å². The summed E-state index contributed by atoms with van der Waals surface area (Å²) in [6.07, 6.45) is 5.77. The molecule has 26 heavy (non-hydrogen) atoms. The zero-order valence-electron chi connectivity index (χ0n) is 16.3. The second-order valence-electron chi connectivity index (χ2n) is 7.38. The Morgan fingerprint density at radius 1 is 1.12 bits per heavy atom. The fourth-order valence-electron chi connectivity index (χ4n) is 4.30. The molecule has 1 amide bonds. The summed E-state index contributed by atoms with van der Waals surface area (Å²) in [6, 6.07) is 8.80. The van der Waals surface area contributed by atoms with Crippen molar-refractivity contribution in [3.05, 3.63) is 24.3 Å². The van der Waals surface area contributed by atoms with Crippen LogP contribution in [0, 0.1) is 0 Å². The first-order valence-corrected chi connectivity index (χ1v) is 10.1. The Kier molecular flexibility index (Phi) is 6.78. The lowest BCUT2D eigenvalue weighted by molar-refractivity contribution is -0.132. The monoisotopic (exact) mass is 359 g/mol. The maximum Gasteiger partial charge on any atom is 0.223 e. The molecule has 144 valence electrons. The van der Waals surface area contributed by atoms with Gasteiger partial charge in [0.1, 0.15) is 5.75 Å². The highest BCUT2D eigenvalue weighted by atomic mass is 16.5. The summed E-state index contributed by atoms with van der Waals surface area (Å²) in [7, 11) is 1.71. The summed E-state index contributed by atoms with van der Waals surface area (Å²) in [5, 5.41) is 0. The highest BCUT2D eigenvalue weighted by Gasteiger charge is 2.25. The lowest BCUT2D eigenvalue weighted by atomic mass is 10.00. The number of anilines is 1. The molecule has 2 aliphatic rings. The topological polar surface area (TPSA) is 36.0 Å². The average molecular weight is 360 g/mol. The Balaban J connectivity index is 1.47. The predicted molar refractivity (Wildman–Crippen MR) is 106 cm³/mol. The van der Waals surface area contributed by atoms with Crippen molar-refractivity contribution < 1.29 is 9.53 Å². The molecule has 0 saturated carbocycles. The third-order valence-corrected chi connectivity index (χ3v) is 5.89. The molecule has 0 aromatic heterocycles. The van der Waals surface area contributed by atoms with E-state index in [9.17, 15) is 4.79 Å². The summed E-state index contributed by atoms with van der Waals surface area (Å²) >= 11 is 0. The molecule has 1 atom stereocenters. The van der Waals surface area contributed by atoms with E-state index in [0.29, 0.717) is 18.4 Å². The minimum absolute atomic E-state index is 0.310. The molecule has 5 nitrogen and oxygen atoms in total. The van der Waals surface area contributed by atoms with E-state index in [4.69, 9.17) is 4.74 Å². The largest absolute Gasteiger partial charge is 0.495 e. The van der Waals surface area contributed by atoms with Crippen LogP contribution in [0.1, 0.15) is 39.0 Å². The van der Waals surface area contributed by atoms with Crippen molar-refractivity contribution in [1.29, 1.82) is 0 Å². The van der Waals surface area contributed by atoms with Gasteiger partial charge < -0.3 is 14.5 Å². The number of rotatable bonds is 6. The van der Waals surface area contributed by atoms with Crippen LogP contribution >= 0.6 is 0 Å². The highest BCUT2D eigenvalue weighted by molar-refractivity contribution is 5.76. The van der Waals surface area contributed by atoms with Gasteiger partial charge in [0, 0.05) is 45.2 Å². The standard InChI is InChI=1S/C21H33N3O2/c1-3-18-8-6-7-12-22(18)13-11-21(25)24-16-14-23(15-17-24)19-9-4-5-10-20(19)26-2/h4-5,9-10,18H,3,6-8,11-17H2,1-2H3. The molecule has 1 aromatic carbocycles. The number of benzene rings is 1. The van der Waals surface area contributed by atoms with Crippen molar-refractivity contribution in [2.75, 3.05) is 51.3 Å². The second-order valence-corrected chi connectivity index (χ2v) is 7.38. The molecule has 0 radical (unpaired) electrons. The smallest absolute Gasteiger partial charge is 0.223 e. The molecular weight excluding hydrogens is 326 g/mol. The van der Waals surface area contributed by atoms with Gasteiger partial charge in [0.15, 0.2) is 0 Å². The molecule has 2 heterocycles. The van der Waals surface area contributed by atoms with Crippen LogP contribution in [0.4, 0.5) is 5.69 Å². The molecule has 0 bridgehead atoms. The summed E-state index contributed by atoms with van der Waals surface area (Å²) in [4.78, 5) is 19.6. The predicted octanol–water partition coefficient (Wildman–Crippen LogP) is 3.00. The zero-order chi connectivity index (χ0) is 18.4. The van der Waals surface area contributed by atoms with Crippen LogP contribution < -0.4 is 9.64 Å². The van der Waals surface area contributed by atoms with E-state index in [0.717, 1.165) is 50.7 Å². The molecule has 0 aliphatic carbocycles.